The maximum atomic E-state index is 3.39. The van der Waals surface area contributed by atoms with Crippen molar-refractivity contribution < 1.29 is 22.0 Å². The van der Waals surface area contributed by atoms with Gasteiger partial charge in [0.05, 0.1) is 5.08 Å². The zero-order chi connectivity index (χ0) is 8.39. The Bertz CT molecular complexity index is 319. The molecule has 13 heavy (non-hydrogen) atoms. The van der Waals surface area contributed by atoms with E-state index in [1.54, 1.807) is 0 Å². The first-order valence-electron chi connectivity index (χ1n) is 3.81. The van der Waals surface area contributed by atoms with Crippen molar-refractivity contribution in [1.82, 2.24) is 0 Å². The maximum Gasteiger partial charge on any atom is 0.275 e. The van der Waals surface area contributed by atoms with E-state index >= 15 is 0 Å². The molecule has 0 spiro atoms. The zero-order valence-corrected chi connectivity index (χ0v) is 10.4. The second kappa shape index (κ2) is 5.08. The van der Waals surface area contributed by atoms with Crippen LogP contribution in [0.1, 0.15) is 5.56 Å². The fraction of sp³-hybridized carbons (Fsp3) is 0.222. The highest BCUT2D eigenvalue weighted by Crippen LogP contribution is 2.29. The van der Waals surface area contributed by atoms with E-state index in [0.717, 1.165) is 0 Å². The molecule has 0 atom stereocenters. The van der Waals surface area contributed by atoms with Gasteiger partial charge in [0.15, 0.2) is 0 Å². The Morgan fingerprint density at radius 2 is 1.92 bits per heavy atom. The molecule has 1 nitrogen and oxygen atoms in total. The highest BCUT2D eigenvalue weighted by molar-refractivity contribution is 8.52. The molecule has 1 saturated heterocycles. The first-order chi connectivity index (χ1) is 5.86. The lowest BCUT2D eigenvalue weighted by Crippen LogP contribution is -3.00. The van der Waals surface area contributed by atoms with Crippen LogP contribution in [-0.4, -0.2) is 9.46 Å². The van der Waals surface area contributed by atoms with Crippen LogP contribution in [0.25, 0.3) is 0 Å². The van der Waals surface area contributed by atoms with Gasteiger partial charge in [-0.1, -0.05) is 18.2 Å². The van der Waals surface area contributed by atoms with Crippen LogP contribution in [0.5, 0.6) is 0 Å². The van der Waals surface area contributed by atoms with E-state index in [-0.39, 0.29) is 17.0 Å². The van der Waals surface area contributed by atoms with Gasteiger partial charge >= 0.3 is 0 Å². The van der Waals surface area contributed by atoms with Crippen LogP contribution in [-0.2, 0) is 0 Å². The van der Waals surface area contributed by atoms with Crippen molar-refractivity contribution in [3.05, 3.63) is 29.8 Å². The Kier molecular flexibility index (Phi) is 4.35. The van der Waals surface area contributed by atoms with Crippen LogP contribution in [0.4, 0.5) is 5.69 Å². The number of hydrogen-bond donors (Lipinski definition) is 1. The standard InChI is InChI=1S/C9H9NS2.BrH/c1-7-4-2-3-5-8(7)10-9-11-6-12-9;/h2-5H,6H2,1H3;1H. The summed E-state index contributed by atoms with van der Waals surface area (Å²) in [6.07, 6.45) is 0. The Balaban J connectivity index is 0.000000845. The summed E-state index contributed by atoms with van der Waals surface area (Å²) in [7, 11) is 0. The lowest BCUT2D eigenvalue weighted by atomic mass is 10.2. The van der Waals surface area contributed by atoms with Gasteiger partial charge in [0.1, 0.15) is 0 Å². The monoisotopic (exact) mass is 275 g/mol. The molecule has 1 heterocycles. The van der Waals surface area contributed by atoms with Gasteiger partial charge in [-0.05, 0) is 30.4 Å². The van der Waals surface area contributed by atoms with Crippen LogP contribution < -0.4 is 22.0 Å². The molecule has 1 aliphatic heterocycles. The van der Waals surface area contributed by atoms with Gasteiger partial charge in [0, 0.05) is 11.6 Å². The summed E-state index contributed by atoms with van der Waals surface area (Å²) in [5.74, 6) is 0. The molecule has 0 radical (unpaired) electrons. The number of rotatable bonds is 1. The summed E-state index contributed by atoms with van der Waals surface area (Å²) in [5.41, 5.74) is 2.53. The van der Waals surface area contributed by atoms with Crippen molar-refractivity contribution >= 4 is 33.6 Å². The minimum absolute atomic E-state index is 0. The van der Waals surface area contributed by atoms with Crippen LogP contribution in [0.2, 0.25) is 0 Å². The second-order valence-corrected chi connectivity index (χ2v) is 5.23. The topological polar surface area (TPSA) is 14.0 Å². The third-order valence-electron chi connectivity index (χ3n) is 1.76. The van der Waals surface area contributed by atoms with Crippen molar-refractivity contribution in [2.75, 3.05) is 5.08 Å². The van der Waals surface area contributed by atoms with Crippen LogP contribution in [0.15, 0.2) is 24.3 Å². The van der Waals surface area contributed by atoms with Gasteiger partial charge in [0.25, 0.3) is 4.38 Å². The van der Waals surface area contributed by atoms with Crippen LogP contribution >= 0.6 is 23.5 Å². The summed E-state index contributed by atoms with van der Waals surface area (Å²) >= 11 is 3.75. The molecule has 0 amide bonds. The molecule has 0 saturated carbocycles. The molecule has 4 heteroatoms. The van der Waals surface area contributed by atoms with Crippen molar-refractivity contribution in [2.45, 2.75) is 6.92 Å². The molecule has 2 rings (SSSR count). The number of thioether (sulfide) groups is 2. The normalized spacial score (nSPS) is 14.4. The molecule has 1 fully saturated rings. The second-order valence-electron chi connectivity index (χ2n) is 2.63. The van der Waals surface area contributed by atoms with E-state index in [9.17, 15) is 0 Å². The first kappa shape index (κ1) is 11.1. The number of para-hydroxylation sites is 1. The fourth-order valence-electron chi connectivity index (χ4n) is 1.01. The summed E-state index contributed by atoms with van der Waals surface area (Å²) in [4.78, 5) is 3.39. The highest BCUT2D eigenvalue weighted by atomic mass is 79.9. The van der Waals surface area contributed by atoms with E-state index < -0.39 is 0 Å². The number of hydrogen-bond acceptors (Lipinski definition) is 2. The van der Waals surface area contributed by atoms with Gasteiger partial charge in [-0.15, -0.1) is 0 Å². The van der Waals surface area contributed by atoms with E-state index in [1.807, 2.05) is 23.5 Å². The number of halogens is 1. The average molecular weight is 276 g/mol. The van der Waals surface area contributed by atoms with Crippen molar-refractivity contribution in [3.63, 3.8) is 0 Å². The predicted molar refractivity (Wildman–Crippen MR) is 56.9 cm³/mol. The summed E-state index contributed by atoms with van der Waals surface area (Å²) in [6.45, 7) is 2.12. The maximum absolute atomic E-state index is 3.39. The van der Waals surface area contributed by atoms with Crippen molar-refractivity contribution in [2.24, 2.45) is 0 Å². The molecular weight excluding hydrogens is 266 g/mol. The van der Waals surface area contributed by atoms with E-state index in [4.69, 9.17) is 0 Å². The Morgan fingerprint density at radius 3 is 2.46 bits per heavy atom. The van der Waals surface area contributed by atoms with Gasteiger partial charge in [-0.3, -0.25) is 0 Å². The highest BCUT2D eigenvalue weighted by Gasteiger charge is 2.19. The number of aryl methyl sites for hydroxylation is 1. The molecule has 1 N–H and O–H groups in total. The van der Waals surface area contributed by atoms with Gasteiger partial charge in [0.2, 0.25) is 5.69 Å². The molecule has 0 unspecified atom stereocenters. The lowest BCUT2D eigenvalue weighted by molar-refractivity contribution is -0.347. The van der Waals surface area contributed by atoms with E-state index in [0.29, 0.717) is 0 Å². The molecule has 0 aromatic heterocycles. The van der Waals surface area contributed by atoms with E-state index in [2.05, 4.69) is 36.2 Å². The van der Waals surface area contributed by atoms with Crippen molar-refractivity contribution in [3.8, 4) is 0 Å². The summed E-state index contributed by atoms with van der Waals surface area (Å²) in [6, 6.07) is 8.36. The predicted octanol–water partition coefficient (Wildman–Crippen LogP) is -1.50. The van der Waals surface area contributed by atoms with Gasteiger partial charge in [-0.25, -0.2) is 0 Å². The SMILES string of the molecule is Cc1ccccc1[NH+]=C1SCS1.[Br-]. The Morgan fingerprint density at radius 1 is 1.23 bits per heavy atom. The van der Waals surface area contributed by atoms with Crippen LogP contribution in [0.3, 0.4) is 0 Å². The Labute approximate surface area is 97.2 Å². The fourth-order valence-corrected chi connectivity index (χ4v) is 2.32. The zero-order valence-electron chi connectivity index (χ0n) is 7.21. The van der Waals surface area contributed by atoms with Crippen molar-refractivity contribution in [1.29, 1.82) is 0 Å². The minimum atomic E-state index is 0. The number of benzene rings is 1. The molecule has 0 aliphatic carbocycles. The van der Waals surface area contributed by atoms with Crippen LogP contribution in [0, 0.1) is 6.92 Å². The molecule has 1 aromatic rings. The average Bonchev–Trinajstić information content (AvgIpc) is 2.00. The van der Waals surface area contributed by atoms with Gasteiger partial charge in [-0.2, -0.15) is 4.99 Å². The smallest absolute Gasteiger partial charge is 0.275 e. The summed E-state index contributed by atoms with van der Waals surface area (Å²) < 4.78 is 1.32. The molecule has 1 aliphatic rings. The minimum Gasteiger partial charge on any atom is -1.00 e. The molecule has 70 valence electrons. The lowest BCUT2D eigenvalue weighted by Gasteiger charge is -2.06. The molecule has 0 bridgehead atoms. The summed E-state index contributed by atoms with van der Waals surface area (Å²) in [5, 5.41) is 1.19. The van der Waals surface area contributed by atoms with Gasteiger partial charge < -0.3 is 17.0 Å². The first-order valence-corrected chi connectivity index (χ1v) is 5.78. The third-order valence-corrected chi connectivity index (χ3v) is 4.14. The largest absolute Gasteiger partial charge is 1.00 e. The Hall–Kier alpha value is 0.0700. The number of nitrogens with one attached hydrogen (secondary N) is 1. The quantitative estimate of drug-likeness (QED) is 0.671. The van der Waals surface area contributed by atoms with E-state index in [1.165, 1.54) is 20.7 Å². The molecule has 1 aromatic carbocycles. The molecular formula is C9H10BrNS2. The third kappa shape index (κ3) is 2.76.